The zero-order valence-electron chi connectivity index (χ0n) is 31.7. The molecular weight excluding hydrogens is 644 g/mol. The molecule has 2 saturated carbocycles. The third-order valence-electron chi connectivity index (χ3n) is 14.2. The van der Waals surface area contributed by atoms with E-state index in [0.29, 0.717) is 12.8 Å². The van der Waals surface area contributed by atoms with Crippen LogP contribution in [0.1, 0.15) is 133 Å². The van der Waals surface area contributed by atoms with Crippen LogP contribution >= 0.6 is 0 Å². The predicted molar refractivity (Wildman–Crippen MR) is 182 cm³/mol. The summed E-state index contributed by atoms with van der Waals surface area (Å²) in [5, 5.41) is 30.8. The van der Waals surface area contributed by atoms with Gasteiger partial charge in [-0.05, 0) is 107 Å². The Morgan fingerprint density at radius 2 is 1.48 bits per heavy atom. The molecule has 3 fully saturated rings. The fourth-order valence-corrected chi connectivity index (χ4v) is 11.6. The van der Waals surface area contributed by atoms with Gasteiger partial charge >= 0.3 is 23.9 Å². The standard InChI is InChI=1S/C39H60O11/c1-21(40)47-31-27(49-33(44)39(10,46)20-30(42)43)19-36(7)25-16-18-37(8)24(15-17-38(37,9)26(25)12-13-28(36)34(31,3)4)23-11-14-29(35(5,6)45)50-32(23)48-22(2)41/h23-24,27-29,31-32,45-46H,11-20H2,1-10H3,(H,42,43). The number of carbonyl (C=O) groups excluding carboxylic acids is 3. The van der Waals surface area contributed by atoms with Crippen LogP contribution < -0.4 is 0 Å². The van der Waals surface area contributed by atoms with Crippen LogP contribution in [0.4, 0.5) is 0 Å². The van der Waals surface area contributed by atoms with Crippen LogP contribution in [0.3, 0.4) is 0 Å². The molecule has 11 atom stereocenters. The first kappa shape index (κ1) is 38.7. The summed E-state index contributed by atoms with van der Waals surface area (Å²) in [7, 11) is 0. The summed E-state index contributed by atoms with van der Waals surface area (Å²) in [6, 6.07) is 0. The molecular formula is C39H60O11. The van der Waals surface area contributed by atoms with Gasteiger partial charge in [-0.3, -0.25) is 14.4 Å². The number of ether oxygens (including phenoxy) is 4. The summed E-state index contributed by atoms with van der Waals surface area (Å²) in [4.78, 5) is 49.4. The van der Waals surface area contributed by atoms with E-state index in [-0.39, 0.29) is 28.6 Å². The van der Waals surface area contributed by atoms with Crippen molar-refractivity contribution >= 4 is 23.9 Å². The molecule has 0 spiro atoms. The molecule has 11 nitrogen and oxygen atoms in total. The zero-order valence-corrected chi connectivity index (χ0v) is 31.7. The summed E-state index contributed by atoms with van der Waals surface area (Å²) >= 11 is 0. The van der Waals surface area contributed by atoms with Gasteiger partial charge in [-0.1, -0.05) is 45.8 Å². The maximum Gasteiger partial charge on any atom is 0.338 e. The minimum Gasteiger partial charge on any atom is -0.481 e. The van der Waals surface area contributed by atoms with Gasteiger partial charge in [0.05, 0.1) is 18.1 Å². The number of allylic oxidation sites excluding steroid dienone is 2. The van der Waals surface area contributed by atoms with Gasteiger partial charge in [0.25, 0.3) is 0 Å². The number of fused-ring (bicyclic) bond motifs is 4. The number of aliphatic hydroxyl groups is 2. The van der Waals surface area contributed by atoms with Crippen LogP contribution in [-0.2, 0) is 38.1 Å². The predicted octanol–water partition coefficient (Wildman–Crippen LogP) is 5.87. The van der Waals surface area contributed by atoms with Crippen LogP contribution in [0.15, 0.2) is 11.1 Å². The Balaban J connectivity index is 1.50. The van der Waals surface area contributed by atoms with Gasteiger partial charge in [0, 0.05) is 25.2 Å². The molecule has 1 aliphatic heterocycles. The number of rotatable bonds is 8. The fraction of sp³-hybridized carbons (Fsp3) is 0.846. The molecule has 0 aromatic rings. The lowest BCUT2D eigenvalue weighted by atomic mass is 9.43. The molecule has 5 aliphatic rings. The van der Waals surface area contributed by atoms with Gasteiger partial charge in [-0.25, -0.2) is 4.79 Å². The molecule has 0 amide bonds. The lowest BCUT2D eigenvalue weighted by Gasteiger charge is -2.63. The van der Waals surface area contributed by atoms with Gasteiger partial charge in [-0.2, -0.15) is 0 Å². The highest BCUT2D eigenvalue weighted by atomic mass is 16.7. The molecule has 4 aliphatic carbocycles. The van der Waals surface area contributed by atoms with Crippen molar-refractivity contribution in [3.8, 4) is 0 Å². The number of carboxylic acids is 1. The summed E-state index contributed by atoms with van der Waals surface area (Å²) in [5.74, 6) is -2.92. The van der Waals surface area contributed by atoms with Crippen molar-refractivity contribution in [3.63, 3.8) is 0 Å². The van der Waals surface area contributed by atoms with Crippen LogP contribution in [-0.4, -0.2) is 75.0 Å². The normalized spacial score (nSPS) is 40.8. The van der Waals surface area contributed by atoms with Crippen molar-refractivity contribution in [1.29, 1.82) is 0 Å². The van der Waals surface area contributed by atoms with Crippen molar-refractivity contribution in [1.82, 2.24) is 0 Å². The highest BCUT2D eigenvalue weighted by molar-refractivity contribution is 5.84. The molecule has 11 unspecified atom stereocenters. The van der Waals surface area contributed by atoms with Gasteiger partial charge in [0.2, 0.25) is 6.29 Å². The van der Waals surface area contributed by atoms with Crippen LogP contribution in [0.2, 0.25) is 0 Å². The Hall–Kier alpha value is -2.50. The van der Waals surface area contributed by atoms with E-state index in [1.54, 1.807) is 13.8 Å². The first-order valence-corrected chi connectivity index (χ1v) is 18.5. The highest BCUT2D eigenvalue weighted by Crippen LogP contribution is 2.73. The average Bonchev–Trinajstić information content (AvgIpc) is 3.24. The molecule has 0 aromatic heterocycles. The topological polar surface area (TPSA) is 166 Å². The average molecular weight is 705 g/mol. The molecule has 0 radical (unpaired) electrons. The maximum atomic E-state index is 13.3. The monoisotopic (exact) mass is 704 g/mol. The Morgan fingerprint density at radius 1 is 0.840 bits per heavy atom. The maximum absolute atomic E-state index is 13.3. The SMILES string of the molecule is CC(=O)OC1OC(C(C)(C)O)CCC1C1CCC2(C)C3=C(CCC12C)C1(C)CC(OC(=O)C(C)(O)CC(=O)O)C(OC(C)=O)C(C)(C)C1CC3. The number of hydrogen-bond acceptors (Lipinski definition) is 10. The highest BCUT2D eigenvalue weighted by Gasteiger charge is 2.67. The molecule has 0 bridgehead atoms. The Morgan fingerprint density at radius 3 is 2.06 bits per heavy atom. The van der Waals surface area contributed by atoms with Crippen molar-refractivity contribution in [2.45, 2.75) is 169 Å². The lowest BCUT2D eigenvalue weighted by Crippen LogP contribution is -2.62. The van der Waals surface area contributed by atoms with E-state index in [9.17, 15) is 34.5 Å². The molecule has 1 heterocycles. The number of carbonyl (C=O) groups is 4. The van der Waals surface area contributed by atoms with Crippen molar-refractivity contribution in [3.05, 3.63) is 11.1 Å². The lowest BCUT2D eigenvalue weighted by molar-refractivity contribution is -0.258. The van der Waals surface area contributed by atoms with E-state index in [4.69, 9.17) is 18.9 Å². The Bertz CT molecular complexity index is 1420. The van der Waals surface area contributed by atoms with E-state index in [2.05, 4.69) is 34.6 Å². The van der Waals surface area contributed by atoms with Crippen molar-refractivity contribution in [2.24, 2.45) is 39.4 Å². The number of carboxylic acid groups (broad SMARTS) is 1. The molecule has 0 aromatic carbocycles. The number of hydrogen-bond donors (Lipinski definition) is 3. The quantitative estimate of drug-likeness (QED) is 0.157. The number of aliphatic carboxylic acids is 1. The fourth-order valence-electron chi connectivity index (χ4n) is 11.6. The van der Waals surface area contributed by atoms with Gasteiger partial charge in [-0.15, -0.1) is 0 Å². The largest absolute Gasteiger partial charge is 0.481 e. The van der Waals surface area contributed by atoms with Crippen LogP contribution in [0.5, 0.6) is 0 Å². The first-order chi connectivity index (χ1) is 22.9. The van der Waals surface area contributed by atoms with E-state index in [1.807, 2.05) is 0 Å². The third-order valence-corrected chi connectivity index (χ3v) is 14.2. The minimum absolute atomic E-state index is 0.00103. The molecule has 5 rings (SSSR count). The summed E-state index contributed by atoms with van der Waals surface area (Å²) < 4.78 is 24.1. The van der Waals surface area contributed by atoms with E-state index < -0.39 is 76.9 Å². The van der Waals surface area contributed by atoms with Crippen molar-refractivity contribution in [2.75, 3.05) is 0 Å². The molecule has 1 saturated heterocycles. The van der Waals surface area contributed by atoms with Crippen molar-refractivity contribution < 1.29 is 53.4 Å². The third kappa shape index (κ3) is 6.42. The summed E-state index contributed by atoms with van der Waals surface area (Å²) in [6.07, 6.45) is 3.68. The first-order valence-electron chi connectivity index (χ1n) is 18.5. The minimum atomic E-state index is -2.25. The van der Waals surface area contributed by atoms with E-state index in [1.165, 1.54) is 25.0 Å². The zero-order chi connectivity index (χ0) is 37.4. The van der Waals surface area contributed by atoms with Gasteiger partial charge in [0.15, 0.2) is 5.60 Å². The summed E-state index contributed by atoms with van der Waals surface area (Å²) in [6.45, 7) is 18.5. The Labute approximate surface area is 296 Å². The molecule has 282 valence electrons. The second-order valence-electron chi connectivity index (χ2n) is 18.2. The number of esters is 3. The van der Waals surface area contributed by atoms with Crippen LogP contribution in [0, 0.1) is 39.4 Å². The second kappa shape index (κ2) is 12.9. The Kier molecular flexibility index (Phi) is 9.96. The summed E-state index contributed by atoms with van der Waals surface area (Å²) in [5.41, 5.74) is -1.73. The second-order valence-corrected chi connectivity index (χ2v) is 18.2. The van der Waals surface area contributed by atoms with E-state index in [0.717, 1.165) is 51.9 Å². The van der Waals surface area contributed by atoms with E-state index >= 15 is 0 Å². The van der Waals surface area contributed by atoms with Crippen LogP contribution in [0.25, 0.3) is 0 Å². The molecule has 3 N–H and O–H groups in total. The van der Waals surface area contributed by atoms with Gasteiger partial charge < -0.3 is 34.3 Å². The molecule has 50 heavy (non-hydrogen) atoms. The van der Waals surface area contributed by atoms with Gasteiger partial charge in [0.1, 0.15) is 12.2 Å². The molecule has 11 heteroatoms. The smallest absolute Gasteiger partial charge is 0.338 e.